The Morgan fingerprint density at radius 1 is 1.15 bits per heavy atom. The molecule has 0 unspecified atom stereocenters. The Morgan fingerprint density at radius 2 is 2.00 bits per heavy atom. The summed E-state index contributed by atoms with van der Waals surface area (Å²) >= 11 is 0. The van der Waals surface area contributed by atoms with Crippen LogP contribution in [0.3, 0.4) is 0 Å². The number of aryl methyl sites for hydroxylation is 2. The number of benzene rings is 2. The Morgan fingerprint density at radius 3 is 2.81 bits per heavy atom. The van der Waals surface area contributed by atoms with Gasteiger partial charge in [0.25, 0.3) is 5.91 Å². The molecule has 0 aliphatic rings. The number of para-hydroxylation sites is 1. The Balaban J connectivity index is 1.60. The molecule has 130 valence electrons. The first-order valence-corrected chi connectivity index (χ1v) is 8.57. The molecule has 0 atom stereocenters. The highest BCUT2D eigenvalue weighted by atomic mass is 16.1. The first kappa shape index (κ1) is 16.1. The minimum Gasteiger partial charge on any atom is -0.358 e. The highest BCUT2D eigenvalue weighted by molar-refractivity contribution is 6.12. The molecule has 0 aliphatic carbocycles. The van der Waals surface area contributed by atoms with E-state index >= 15 is 0 Å². The second-order valence-electron chi connectivity index (χ2n) is 6.46. The van der Waals surface area contributed by atoms with E-state index in [0.29, 0.717) is 12.1 Å². The number of carbonyl (C=O) groups excluding carboxylic acids is 1. The van der Waals surface area contributed by atoms with Crippen molar-refractivity contribution in [3.05, 3.63) is 83.3 Å². The number of hydrogen-bond acceptors (Lipinski definition) is 2. The summed E-state index contributed by atoms with van der Waals surface area (Å²) in [5.74, 6) is -0.118. The summed E-state index contributed by atoms with van der Waals surface area (Å²) < 4.78 is 1.85. The van der Waals surface area contributed by atoms with Gasteiger partial charge in [0, 0.05) is 29.2 Å². The molecule has 2 heterocycles. The molecule has 5 nitrogen and oxygen atoms in total. The molecule has 0 fully saturated rings. The number of aromatic nitrogens is 3. The summed E-state index contributed by atoms with van der Waals surface area (Å²) in [6.45, 7) is 4.76. The third-order valence-electron chi connectivity index (χ3n) is 4.68. The fourth-order valence-corrected chi connectivity index (χ4v) is 3.20. The number of carbonyl (C=O) groups is 1. The highest BCUT2D eigenvalue weighted by Gasteiger charge is 2.14. The average molecular weight is 344 g/mol. The van der Waals surface area contributed by atoms with E-state index in [1.54, 1.807) is 6.20 Å². The van der Waals surface area contributed by atoms with Crippen molar-refractivity contribution in [1.29, 1.82) is 0 Å². The number of hydrogen-bond donors (Lipinski definition) is 2. The molecule has 4 rings (SSSR count). The fraction of sp³-hybridized carbons (Fsp3) is 0.143. The van der Waals surface area contributed by atoms with Crippen LogP contribution in [0.2, 0.25) is 0 Å². The maximum absolute atomic E-state index is 12.8. The molecule has 2 aromatic carbocycles. The van der Waals surface area contributed by atoms with Crippen LogP contribution in [0.5, 0.6) is 0 Å². The third-order valence-corrected chi connectivity index (χ3v) is 4.68. The van der Waals surface area contributed by atoms with Gasteiger partial charge < -0.3 is 10.3 Å². The number of amides is 1. The van der Waals surface area contributed by atoms with Crippen molar-refractivity contribution in [3.63, 3.8) is 0 Å². The molecule has 4 aromatic rings. The van der Waals surface area contributed by atoms with E-state index in [2.05, 4.69) is 22.3 Å². The lowest BCUT2D eigenvalue weighted by atomic mass is 10.1. The quantitative estimate of drug-likeness (QED) is 0.580. The Labute approximate surface area is 151 Å². The van der Waals surface area contributed by atoms with Crippen LogP contribution >= 0.6 is 0 Å². The SMILES string of the molecule is Cc1[nH]c2c(C(=O)Nc3cccc(Cn4cccn4)c3)cccc2c1C. The summed E-state index contributed by atoms with van der Waals surface area (Å²) in [7, 11) is 0. The largest absolute Gasteiger partial charge is 0.358 e. The molecule has 0 radical (unpaired) electrons. The zero-order chi connectivity index (χ0) is 18.1. The molecule has 2 aromatic heterocycles. The van der Waals surface area contributed by atoms with Crippen molar-refractivity contribution in [2.75, 3.05) is 5.32 Å². The summed E-state index contributed by atoms with van der Waals surface area (Å²) in [4.78, 5) is 16.2. The predicted octanol–water partition coefficient (Wildman–Crippen LogP) is 4.28. The molecule has 0 aliphatic heterocycles. The van der Waals surface area contributed by atoms with Gasteiger partial charge in [-0.2, -0.15) is 5.10 Å². The lowest BCUT2D eigenvalue weighted by molar-refractivity contribution is 0.102. The maximum Gasteiger partial charge on any atom is 0.257 e. The van der Waals surface area contributed by atoms with Gasteiger partial charge >= 0.3 is 0 Å². The monoisotopic (exact) mass is 344 g/mol. The summed E-state index contributed by atoms with van der Waals surface area (Å²) in [5, 5.41) is 8.32. The second kappa shape index (κ2) is 6.52. The van der Waals surface area contributed by atoms with E-state index in [4.69, 9.17) is 0 Å². The van der Waals surface area contributed by atoms with Crippen molar-refractivity contribution >= 4 is 22.5 Å². The van der Waals surface area contributed by atoms with Crippen molar-refractivity contribution < 1.29 is 4.79 Å². The lowest BCUT2D eigenvalue weighted by Crippen LogP contribution is -2.12. The predicted molar refractivity (Wildman–Crippen MR) is 103 cm³/mol. The van der Waals surface area contributed by atoms with Gasteiger partial charge in [-0.05, 0) is 49.2 Å². The molecule has 5 heteroatoms. The number of aromatic amines is 1. The normalized spacial score (nSPS) is 11.0. The topological polar surface area (TPSA) is 62.7 Å². The van der Waals surface area contributed by atoms with E-state index in [0.717, 1.165) is 27.8 Å². The van der Waals surface area contributed by atoms with Gasteiger partial charge in [0.05, 0.1) is 17.6 Å². The molecule has 2 N–H and O–H groups in total. The maximum atomic E-state index is 12.8. The van der Waals surface area contributed by atoms with Gasteiger partial charge in [-0.3, -0.25) is 9.48 Å². The Kier molecular flexibility index (Phi) is 4.05. The van der Waals surface area contributed by atoms with Crippen LogP contribution in [0.25, 0.3) is 10.9 Å². The minimum atomic E-state index is -0.118. The number of rotatable bonds is 4. The third kappa shape index (κ3) is 2.99. The highest BCUT2D eigenvalue weighted by Crippen LogP contribution is 2.25. The summed E-state index contributed by atoms with van der Waals surface area (Å²) in [6.07, 6.45) is 3.68. The van der Waals surface area contributed by atoms with E-state index in [1.807, 2.05) is 66.3 Å². The Bertz CT molecular complexity index is 1080. The first-order chi connectivity index (χ1) is 12.6. The summed E-state index contributed by atoms with van der Waals surface area (Å²) in [5.41, 5.74) is 5.65. The zero-order valence-electron chi connectivity index (χ0n) is 14.8. The summed E-state index contributed by atoms with van der Waals surface area (Å²) in [6, 6.07) is 15.5. The fourth-order valence-electron chi connectivity index (χ4n) is 3.20. The van der Waals surface area contributed by atoms with Crippen molar-refractivity contribution in [3.8, 4) is 0 Å². The van der Waals surface area contributed by atoms with Crippen LogP contribution in [0, 0.1) is 13.8 Å². The molecule has 0 saturated heterocycles. The number of anilines is 1. The van der Waals surface area contributed by atoms with E-state index in [9.17, 15) is 4.79 Å². The van der Waals surface area contributed by atoms with Crippen molar-refractivity contribution in [2.45, 2.75) is 20.4 Å². The van der Waals surface area contributed by atoms with Crippen LogP contribution < -0.4 is 5.32 Å². The van der Waals surface area contributed by atoms with Crippen LogP contribution in [0.4, 0.5) is 5.69 Å². The molecule has 0 spiro atoms. The Hall–Kier alpha value is -3.34. The van der Waals surface area contributed by atoms with E-state index < -0.39 is 0 Å². The van der Waals surface area contributed by atoms with Gasteiger partial charge in [0.15, 0.2) is 0 Å². The van der Waals surface area contributed by atoms with Gasteiger partial charge in [0.2, 0.25) is 0 Å². The van der Waals surface area contributed by atoms with Crippen LogP contribution in [0.1, 0.15) is 27.2 Å². The van der Waals surface area contributed by atoms with Crippen LogP contribution in [-0.2, 0) is 6.54 Å². The van der Waals surface area contributed by atoms with Gasteiger partial charge in [0.1, 0.15) is 0 Å². The minimum absolute atomic E-state index is 0.118. The molecule has 1 amide bonds. The van der Waals surface area contributed by atoms with Crippen molar-refractivity contribution in [1.82, 2.24) is 14.8 Å². The lowest BCUT2D eigenvalue weighted by Gasteiger charge is -2.09. The van der Waals surface area contributed by atoms with Gasteiger partial charge in [-0.15, -0.1) is 0 Å². The second-order valence-corrected chi connectivity index (χ2v) is 6.46. The first-order valence-electron chi connectivity index (χ1n) is 8.57. The standard InChI is InChI=1S/C21H20N4O/c1-14-15(2)23-20-18(14)8-4-9-19(20)21(26)24-17-7-3-6-16(12-17)13-25-11-5-10-22-25/h3-12,23H,13H2,1-2H3,(H,24,26). The van der Waals surface area contributed by atoms with Gasteiger partial charge in [-0.25, -0.2) is 0 Å². The zero-order valence-corrected chi connectivity index (χ0v) is 14.8. The molecular weight excluding hydrogens is 324 g/mol. The van der Waals surface area contributed by atoms with E-state index in [1.165, 1.54) is 5.56 Å². The van der Waals surface area contributed by atoms with Crippen LogP contribution in [-0.4, -0.2) is 20.7 Å². The number of nitrogens with zero attached hydrogens (tertiary/aromatic N) is 2. The number of H-pyrrole nitrogens is 1. The molecule has 0 bridgehead atoms. The van der Waals surface area contributed by atoms with E-state index in [-0.39, 0.29) is 5.91 Å². The average Bonchev–Trinajstić information content (AvgIpc) is 3.24. The number of nitrogens with one attached hydrogen (secondary N) is 2. The van der Waals surface area contributed by atoms with Crippen molar-refractivity contribution in [2.24, 2.45) is 0 Å². The number of fused-ring (bicyclic) bond motifs is 1. The van der Waals surface area contributed by atoms with Crippen LogP contribution in [0.15, 0.2) is 60.9 Å². The smallest absolute Gasteiger partial charge is 0.257 e. The molecule has 26 heavy (non-hydrogen) atoms. The molecular formula is C21H20N4O. The van der Waals surface area contributed by atoms with Gasteiger partial charge in [-0.1, -0.05) is 24.3 Å². The molecule has 0 saturated carbocycles.